The lowest BCUT2D eigenvalue weighted by atomic mass is 10.4. The van der Waals surface area contributed by atoms with Crippen molar-refractivity contribution in [2.24, 2.45) is 7.05 Å². The zero-order chi connectivity index (χ0) is 13.7. The summed E-state index contributed by atoms with van der Waals surface area (Å²) in [5.74, 6) is 0.939. The molecule has 0 aliphatic rings. The van der Waals surface area contributed by atoms with Gasteiger partial charge in [0.25, 0.3) is 5.56 Å². The second kappa shape index (κ2) is 6.19. The number of hydrogen-bond acceptors (Lipinski definition) is 4. The molecule has 2 heterocycles. The topological polar surface area (TPSA) is 61.1 Å². The van der Waals surface area contributed by atoms with Crippen LogP contribution in [0.3, 0.4) is 0 Å². The van der Waals surface area contributed by atoms with E-state index >= 15 is 0 Å². The molecule has 0 amide bonds. The van der Waals surface area contributed by atoms with Gasteiger partial charge in [0.15, 0.2) is 0 Å². The largest absolute Gasteiger partial charge is 0.383 e. The Hall–Kier alpha value is -2.08. The number of nitrogens with zero attached hydrogens (tertiary/aromatic N) is 3. The molecule has 102 valence electrons. The van der Waals surface area contributed by atoms with E-state index in [1.165, 1.54) is 0 Å². The average molecular weight is 262 g/mol. The van der Waals surface area contributed by atoms with Crippen molar-refractivity contribution in [2.75, 3.05) is 19.0 Å². The van der Waals surface area contributed by atoms with Crippen LogP contribution >= 0.6 is 0 Å². The molecule has 0 bridgehead atoms. The van der Waals surface area contributed by atoms with E-state index < -0.39 is 0 Å². The molecule has 6 heteroatoms. The fourth-order valence-electron chi connectivity index (χ4n) is 1.75. The molecule has 2 aromatic heterocycles. The molecule has 0 unspecified atom stereocenters. The lowest BCUT2D eigenvalue weighted by molar-refractivity contribution is 0.186. The first kappa shape index (κ1) is 13.4. The molecule has 2 rings (SSSR count). The lowest BCUT2D eigenvalue weighted by Gasteiger charge is -2.10. The Morgan fingerprint density at radius 2 is 2.26 bits per heavy atom. The predicted molar refractivity (Wildman–Crippen MR) is 73.1 cm³/mol. The summed E-state index contributed by atoms with van der Waals surface area (Å²) in [7, 11) is 3.57. The number of ether oxygens (including phenoxy) is 1. The van der Waals surface area contributed by atoms with Crippen molar-refractivity contribution in [3.8, 4) is 0 Å². The van der Waals surface area contributed by atoms with Crippen molar-refractivity contribution in [3.63, 3.8) is 0 Å². The number of aryl methyl sites for hydroxylation is 1. The van der Waals surface area contributed by atoms with E-state index in [0.29, 0.717) is 19.7 Å². The quantitative estimate of drug-likeness (QED) is 0.838. The van der Waals surface area contributed by atoms with Gasteiger partial charge in [-0.3, -0.25) is 4.79 Å². The van der Waals surface area contributed by atoms with Gasteiger partial charge in [0.1, 0.15) is 5.82 Å². The fourth-order valence-corrected chi connectivity index (χ4v) is 1.75. The van der Waals surface area contributed by atoms with Gasteiger partial charge in [-0.25, -0.2) is 4.98 Å². The standard InChI is InChI=1S/C13H18N4O2/c1-16-6-5-14-12(16)9-15-11-3-4-13(18)17(10-11)7-8-19-2/h3-6,10,15H,7-9H2,1-2H3. The summed E-state index contributed by atoms with van der Waals surface area (Å²) < 4.78 is 8.56. The Balaban J connectivity index is 2.04. The third-order valence-electron chi connectivity index (χ3n) is 2.89. The Morgan fingerprint density at radius 1 is 1.42 bits per heavy atom. The number of anilines is 1. The molecule has 0 fully saturated rings. The number of hydrogen-bond donors (Lipinski definition) is 1. The number of aromatic nitrogens is 3. The highest BCUT2D eigenvalue weighted by molar-refractivity contribution is 5.40. The van der Waals surface area contributed by atoms with Crippen LogP contribution in [-0.4, -0.2) is 27.8 Å². The van der Waals surface area contributed by atoms with Crippen molar-refractivity contribution < 1.29 is 4.74 Å². The first-order chi connectivity index (χ1) is 9.20. The highest BCUT2D eigenvalue weighted by atomic mass is 16.5. The minimum atomic E-state index is -0.0282. The van der Waals surface area contributed by atoms with E-state index in [1.54, 1.807) is 36.2 Å². The van der Waals surface area contributed by atoms with Crippen LogP contribution in [0.2, 0.25) is 0 Å². The third kappa shape index (κ3) is 3.45. The molecule has 0 aliphatic heterocycles. The first-order valence-corrected chi connectivity index (χ1v) is 6.10. The van der Waals surface area contributed by atoms with Crippen molar-refractivity contribution in [2.45, 2.75) is 13.1 Å². The van der Waals surface area contributed by atoms with E-state index in [9.17, 15) is 4.79 Å². The highest BCUT2D eigenvalue weighted by Crippen LogP contribution is 2.05. The number of methoxy groups -OCH3 is 1. The highest BCUT2D eigenvalue weighted by Gasteiger charge is 2.01. The first-order valence-electron chi connectivity index (χ1n) is 6.10. The molecular formula is C13H18N4O2. The van der Waals surface area contributed by atoms with Crippen LogP contribution in [0.5, 0.6) is 0 Å². The second-order valence-corrected chi connectivity index (χ2v) is 4.25. The van der Waals surface area contributed by atoms with Crippen LogP contribution < -0.4 is 10.9 Å². The Kier molecular flexibility index (Phi) is 4.35. The Morgan fingerprint density at radius 3 is 2.95 bits per heavy atom. The Bertz CT molecular complexity index is 588. The summed E-state index contributed by atoms with van der Waals surface area (Å²) >= 11 is 0. The van der Waals surface area contributed by atoms with Gasteiger partial charge in [-0.2, -0.15) is 0 Å². The summed E-state index contributed by atoms with van der Waals surface area (Å²) in [6, 6.07) is 3.32. The number of pyridine rings is 1. The fraction of sp³-hybridized carbons (Fsp3) is 0.385. The van der Waals surface area contributed by atoms with Crippen LogP contribution in [0.1, 0.15) is 5.82 Å². The monoisotopic (exact) mass is 262 g/mol. The molecule has 0 aliphatic carbocycles. The third-order valence-corrected chi connectivity index (χ3v) is 2.89. The molecule has 6 nitrogen and oxygen atoms in total. The molecule has 2 aromatic rings. The molecule has 0 saturated carbocycles. The summed E-state index contributed by atoms with van der Waals surface area (Å²) in [4.78, 5) is 15.9. The molecule has 19 heavy (non-hydrogen) atoms. The molecule has 0 radical (unpaired) electrons. The molecule has 0 spiro atoms. The molecular weight excluding hydrogens is 244 g/mol. The number of nitrogens with one attached hydrogen (secondary N) is 1. The van der Waals surface area contributed by atoms with Crippen LogP contribution in [0, 0.1) is 0 Å². The maximum Gasteiger partial charge on any atom is 0.250 e. The van der Waals surface area contributed by atoms with E-state index in [4.69, 9.17) is 4.74 Å². The summed E-state index contributed by atoms with van der Waals surface area (Å²) in [6.45, 7) is 1.68. The van der Waals surface area contributed by atoms with E-state index in [2.05, 4.69) is 10.3 Å². The van der Waals surface area contributed by atoms with Crippen LogP contribution in [0.4, 0.5) is 5.69 Å². The van der Waals surface area contributed by atoms with Crippen LogP contribution in [0.25, 0.3) is 0 Å². The van der Waals surface area contributed by atoms with Gasteiger partial charge in [-0.15, -0.1) is 0 Å². The lowest BCUT2D eigenvalue weighted by Crippen LogP contribution is -2.21. The van der Waals surface area contributed by atoms with Gasteiger partial charge in [0.2, 0.25) is 0 Å². The summed E-state index contributed by atoms with van der Waals surface area (Å²) in [6.07, 6.45) is 5.46. The SMILES string of the molecule is COCCn1cc(NCc2nccn2C)ccc1=O. The van der Waals surface area contributed by atoms with Gasteiger partial charge in [0, 0.05) is 45.4 Å². The normalized spacial score (nSPS) is 10.6. The minimum Gasteiger partial charge on any atom is -0.383 e. The maximum atomic E-state index is 11.6. The molecule has 0 atom stereocenters. The van der Waals surface area contributed by atoms with Gasteiger partial charge in [0.05, 0.1) is 18.8 Å². The second-order valence-electron chi connectivity index (χ2n) is 4.25. The molecule has 1 N–H and O–H groups in total. The average Bonchev–Trinajstić information content (AvgIpc) is 2.82. The van der Waals surface area contributed by atoms with E-state index in [1.807, 2.05) is 17.8 Å². The maximum absolute atomic E-state index is 11.6. The zero-order valence-corrected chi connectivity index (χ0v) is 11.2. The van der Waals surface area contributed by atoms with Crippen molar-refractivity contribution in [1.82, 2.24) is 14.1 Å². The number of imidazole rings is 1. The predicted octanol–water partition coefficient (Wildman–Crippen LogP) is 0.840. The van der Waals surface area contributed by atoms with Crippen molar-refractivity contribution in [1.29, 1.82) is 0 Å². The van der Waals surface area contributed by atoms with Gasteiger partial charge in [-0.05, 0) is 6.07 Å². The zero-order valence-electron chi connectivity index (χ0n) is 11.2. The smallest absolute Gasteiger partial charge is 0.250 e. The Labute approximate surface area is 111 Å². The van der Waals surface area contributed by atoms with Gasteiger partial charge < -0.3 is 19.2 Å². The minimum absolute atomic E-state index is 0.0282. The molecule has 0 saturated heterocycles. The van der Waals surface area contributed by atoms with E-state index in [0.717, 1.165) is 11.5 Å². The van der Waals surface area contributed by atoms with Crippen LogP contribution in [-0.2, 0) is 24.9 Å². The van der Waals surface area contributed by atoms with Crippen molar-refractivity contribution >= 4 is 5.69 Å². The van der Waals surface area contributed by atoms with Gasteiger partial charge in [-0.1, -0.05) is 0 Å². The number of rotatable bonds is 6. The summed E-state index contributed by atoms with van der Waals surface area (Å²) in [5, 5.41) is 3.25. The summed E-state index contributed by atoms with van der Waals surface area (Å²) in [5.41, 5.74) is 0.860. The van der Waals surface area contributed by atoms with Gasteiger partial charge >= 0.3 is 0 Å². The van der Waals surface area contributed by atoms with Crippen LogP contribution in [0.15, 0.2) is 35.5 Å². The van der Waals surface area contributed by atoms with E-state index in [-0.39, 0.29) is 5.56 Å². The molecule has 0 aromatic carbocycles. The van der Waals surface area contributed by atoms with Crippen molar-refractivity contribution in [3.05, 3.63) is 46.9 Å².